The summed E-state index contributed by atoms with van der Waals surface area (Å²) in [6.07, 6.45) is 8.70. The summed E-state index contributed by atoms with van der Waals surface area (Å²) < 4.78 is 0. The van der Waals surface area contributed by atoms with Gasteiger partial charge in [-0.25, -0.2) is 0 Å². The van der Waals surface area contributed by atoms with Gasteiger partial charge in [0.15, 0.2) is 0 Å². The van der Waals surface area contributed by atoms with Crippen molar-refractivity contribution in [3.05, 3.63) is 0 Å². The van der Waals surface area contributed by atoms with Gasteiger partial charge in [-0.05, 0) is 65.2 Å². The highest BCUT2D eigenvalue weighted by molar-refractivity contribution is 5.81. The number of amides is 1. The molecule has 19 heavy (non-hydrogen) atoms. The lowest BCUT2D eigenvalue weighted by Gasteiger charge is -2.19. The minimum absolute atomic E-state index is 0.0563. The maximum Gasteiger partial charge on any atom is 0.237 e. The molecule has 1 amide bonds. The van der Waals surface area contributed by atoms with Crippen LogP contribution in [0.2, 0.25) is 0 Å². The van der Waals surface area contributed by atoms with E-state index in [0.717, 1.165) is 25.8 Å². The van der Waals surface area contributed by atoms with Gasteiger partial charge in [0.2, 0.25) is 5.91 Å². The first-order chi connectivity index (χ1) is 9.25. The molecule has 0 radical (unpaired) electrons. The Morgan fingerprint density at radius 3 is 2.58 bits per heavy atom. The zero-order chi connectivity index (χ0) is 13.5. The monoisotopic (exact) mass is 267 g/mol. The molecule has 1 aliphatic carbocycles. The molecule has 1 atom stereocenters. The molecule has 0 aromatic carbocycles. The SMILES string of the molecule is C[C@H](NCCCN1CCCC1)C(=O)NC1CCCC1. The van der Waals surface area contributed by atoms with E-state index in [0.29, 0.717) is 6.04 Å². The van der Waals surface area contributed by atoms with Crippen LogP contribution in [0.5, 0.6) is 0 Å². The third kappa shape index (κ3) is 5.11. The molecule has 1 saturated carbocycles. The Kier molecular flexibility index (Phi) is 6.11. The van der Waals surface area contributed by atoms with E-state index in [2.05, 4.69) is 15.5 Å². The smallest absolute Gasteiger partial charge is 0.237 e. The fourth-order valence-corrected chi connectivity index (χ4v) is 3.12. The molecule has 2 N–H and O–H groups in total. The van der Waals surface area contributed by atoms with E-state index in [1.807, 2.05) is 6.92 Å². The van der Waals surface area contributed by atoms with Crippen LogP contribution < -0.4 is 10.6 Å². The summed E-state index contributed by atoms with van der Waals surface area (Å²) in [6.45, 7) is 6.61. The summed E-state index contributed by atoms with van der Waals surface area (Å²) >= 11 is 0. The van der Waals surface area contributed by atoms with Crippen molar-refractivity contribution in [3.8, 4) is 0 Å². The van der Waals surface area contributed by atoms with Crippen molar-refractivity contribution in [3.63, 3.8) is 0 Å². The predicted octanol–water partition coefficient (Wildman–Crippen LogP) is 1.51. The molecule has 1 saturated heterocycles. The normalized spacial score (nSPS) is 22.8. The van der Waals surface area contributed by atoms with Crippen LogP contribution >= 0.6 is 0 Å². The van der Waals surface area contributed by atoms with Crippen molar-refractivity contribution in [2.24, 2.45) is 0 Å². The van der Waals surface area contributed by atoms with E-state index in [9.17, 15) is 4.79 Å². The van der Waals surface area contributed by atoms with E-state index in [1.54, 1.807) is 0 Å². The van der Waals surface area contributed by atoms with Crippen LogP contribution in [-0.4, -0.2) is 49.1 Å². The van der Waals surface area contributed by atoms with Crippen LogP contribution in [0.4, 0.5) is 0 Å². The van der Waals surface area contributed by atoms with E-state index in [-0.39, 0.29) is 11.9 Å². The Labute approximate surface area is 117 Å². The van der Waals surface area contributed by atoms with Gasteiger partial charge in [0, 0.05) is 6.04 Å². The van der Waals surface area contributed by atoms with Crippen LogP contribution in [0.15, 0.2) is 0 Å². The fourth-order valence-electron chi connectivity index (χ4n) is 3.12. The third-order valence-corrected chi connectivity index (χ3v) is 4.40. The summed E-state index contributed by atoms with van der Waals surface area (Å²) in [4.78, 5) is 14.5. The molecule has 0 unspecified atom stereocenters. The maximum atomic E-state index is 12.0. The number of hydrogen-bond donors (Lipinski definition) is 2. The Morgan fingerprint density at radius 2 is 1.89 bits per heavy atom. The van der Waals surface area contributed by atoms with Crippen LogP contribution in [0, 0.1) is 0 Å². The van der Waals surface area contributed by atoms with Crippen LogP contribution in [0.25, 0.3) is 0 Å². The summed E-state index contributed by atoms with van der Waals surface area (Å²) in [6, 6.07) is 0.375. The zero-order valence-electron chi connectivity index (χ0n) is 12.3. The highest BCUT2D eigenvalue weighted by Crippen LogP contribution is 2.17. The molecule has 0 aromatic heterocycles. The second-order valence-corrected chi connectivity index (χ2v) is 6.07. The van der Waals surface area contributed by atoms with Crippen LogP contribution in [-0.2, 0) is 4.79 Å². The first-order valence-electron chi connectivity index (χ1n) is 8.02. The number of carbonyl (C=O) groups is 1. The molecule has 110 valence electrons. The molecule has 2 fully saturated rings. The second-order valence-electron chi connectivity index (χ2n) is 6.07. The van der Waals surface area contributed by atoms with Crippen molar-refractivity contribution >= 4 is 5.91 Å². The van der Waals surface area contributed by atoms with Gasteiger partial charge in [0.25, 0.3) is 0 Å². The van der Waals surface area contributed by atoms with Crippen molar-refractivity contribution in [2.75, 3.05) is 26.2 Å². The topological polar surface area (TPSA) is 44.4 Å². The number of rotatable bonds is 7. The molecule has 0 aromatic rings. The number of hydrogen-bond acceptors (Lipinski definition) is 3. The largest absolute Gasteiger partial charge is 0.352 e. The molecule has 0 bridgehead atoms. The van der Waals surface area contributed by atoms with Crippen molar-refractivity contribution < 1.29 is 4.79 Å². The van der Waals surface area contributed by atoms with E-state index in [1.165, 1.54) is 45.3 Å². The van der Waals surface area contributed by atoms with Crippen molar-refractivity contribution in [1.82, 2.24) is 15.5 Å². The zero-order valence-corrected chi connectivity index (χ0v) is 12.3. The van der Waals surface area contributed by atoms with E-state index < -0.39 is 0 Å². The van der Waals surface area contributed by atoms with Gasteiger partial charge in [-0.2, -0.15) is 0 Å². The van der Waals surface area contributed by atoms with Gasteiger partial charge in [0.05, 0.1) is 6.04 Å². The predicted molar refractivity (Wildman–Crippen MR) is 78.2 cm³/mol. The van der Waals surface area contributed by atoms with Gasteiger partial charge in [0.1, 0.15) is 0 Å². The number of likely N-dealkylation sites (tertiary alicyclic amines) is 1. The summed E-state index contributed by atoms with van der Waals surface area (Å²) in [5.41, 5.74) is 0. The minimum atomic E-state index is -0.0563. The first kappa shape index (κ1) is 14.8. The Morgan fingerprint density at radius 1 is 1.21 bits per heavy atom. The molecule has 2 aliphatic rings. The number of carbonyl (C=O) groups excluding carboxylic acids is 1. The first-order valence-corrected chi connectivity index (χ1v) is 8.02. The lowest BCUT2D eigenvalue weighted by atomic mass is 10.2. The second kappa shape index (κ2) is 7.85. The Bertz CT molecular complexity index is 271. The molecule has 4 heteroatoms. The van der Waals surface area contributed by atoms with Crippen molar-refractivity contribution in [2.45, 2.75) is 64.0 Å². The summed E-state index contributed by atoms with van der Waals surface area (Å²) in [5.74, 6) is 0.174. The van der Waals surface area contributed by atoms with Gasteiger partial charge < -0.3 is 15.5 Å². The number of nitrogens with zero attached hydrogens (tertiary/aromatic N) is 1. The third-order valence-electron chi connectivity index (χ3n) is 4.40. The minimum Gasteiger partial charge on any atom is -0.352 e. The van der Waals surface area contributed by atoms with Gasteiger partial charge in [-0.3, -0.25) is 4.79 Å². The maximum absolute atomic E-state index is 12.0. The molecular weight excluding hydrogens is 238 g/mol. The molecule has 1 aliphatic heterocycles. The van der Waals surface area contributed by atoms with E-state index >= 15 is 0 Å². The molecule has 2 rings (SSSR count). The molecule has 0 spiro atoms. The summed E-state index contributed by atoms with van der Waals surface area (Å²) in [5, 5.41) is 6.49. The fraction of sp³-hybridized carbons (Fsp3) is 0.933. The highest BCUT2D eigenvalue weighted by atomic mass is 16.2. The molecule has 4 nitrogen and oxygen atoms in total. The Hall–Kier alpha value is -0.610. The molecule has 1 heterocycles. The lowest BCUT2D eigenvalue weighted by molar-refractivity contribution is -0.123. The average Bonchev–Trinajstić information content (AvgIpc) is 3.07. The average molecular weight is 267 g/mol. The lowest BCUT2D eigenvalue weighted by Crippen LogP contribution is -2.46. The van der Waals surface area contributed by atoms with Gasteiger partial charge in [-0.1, -0.05) is 12.8 Å². The summed E-state index contributed by atoms with van der Waals surface area (Å²) in [7, 11) is 0. The highest BCUT2D eigenvalue weighted by Gasteiger charge is 2.20. The quantitative estimate of drug-likeness (QED) is 0.687. The molecular formula is C15H29N3O. The Balaban J connectivity index is 1.52. The van der Waals surface area contributed by atoms with Gasteiger partial charge >= 0.3 is 0 Å². The standard InChI is InChI=1S/C15H29N3O/c1-13(15(19)17-14-7-2-3-8-14)16-9-6-12-18-10-4-5-11-18/h13-14,16H,2-12H2,1H3,(H,17,19)/t13-/m0/s1. The number of nitrogens with one attached hydrogen (secondary N) is 2. The van der Waals surface area contributed by atoms with Crippen molar-refractivity contribution in [1.29, 1.82) is 0 Å². The van der Waals surface area contributed by atoms with Crippen LogP contribution in [0.3, 0.4) is 0 Å². The van der Waals surface area contributed by atoms with Crippen LogP contribution in [0.1, 0.15) is 51.9 Å². The van der Waals surface area contributed by atoms with Gasteiger partial charge in [-0.15, -0.1) is 0 Å². The van der Waals surface area contributed by atoms with E-state index in [4.69, 9.17) is 0 Å².